The summed E-state index contributed by atoms with van der Waals surface area (Å²) in [6, 6.07) is 0. The van der Waals surface area contributed by atoms with Gasteiger partial charge in [-0.15, -0.1) is 0 Å². The molecule has 0 aromatic carbocycles. The molecule has 1 aromatic rings. The Hall–Kier alpha value is -1.04. The molecule has 0 unspecified atom stereocenters. The molecule has 0 spiro atoms. The monoisotopic (exact) mass is 284 g/mol. The van der Waals surface area contributed by atoms with Gasteiger partial charge < -0.3 is 9.26 Å². The molecule has 6 heteroatoms. The number of methoxy groups -OCH3 is 1. The van der Waals surface area contributed by atoms with Gasteiger partial charge in [0, 0.05) is 5.92 Å². The zero-order chi connectivity index (χ0) is 13.9. The molecule has 1 fully saturated rings. The van der Waals surface area contributed by atoms with Crippen LogP contribution in [-0.4, -0.2) is 29.0 Å². The number of hydrogen-bond acceptors (Lipinski definition) is 6. The number of aromatic nitrogens is 2. The van der Waals surface area contributed by atoms with Crippen molar-refractivity contribution >= 4 is 17.7 Å². The number of carbonyl (C=O) groups is 1. The van der Waals surface area contributed by atoms with Crippen molar-refractivity contribution in [1.29, 1.82) is 0 Å². The SMILES string of the molecule is COC(=O)CC1(CSCc2nc(C(C)C)no2)CC1. The highest BCUT2D eigenvalue weighted by Crippen LogP contribution is 2.51. The first-order chi connectivity index (χ1) is 9.04. The van der Waals surface area contributed by atoms with Crippen molar-refractivity contribution in [2.45, 2.75) is 44.8 Å². The molecule has 1 aliphatic carbocycles. The van der Waals surface area contributed by atoms with Crippen LogP contribution in [0.5, 0.6) is 0 Å². The second-order valence-corrected chi connectivity index (χ2v) is 6.43. The van der Waals surface area contributed by atoms with Gasteiger partial charge in [0.2, 0.25) is 5.89 Å². The Morgan fingerprint density at radius 3 is 2.79 bits per heavy atom. The summed E-state index contributed by atoms with van der Waals surface area (Å²) in [4.78, 5) is 15.6. The zero-order valence-corrected chi connectivity index (χ0v) is 12.5. The van der Waals surface area contributed by atoms with Crippen LogP contribution in [0.4, 0.5) is 0 Å². The first-order valence-electron chi connectivity index (χ1n) is 6.52. The summed E-state index contributed by atoms with van der Waals surface area (Å²) >= 11 is 1.75. The van der Waals surface area contributed by atoms with Gasteiger partial charge in [-0.05, 0) is 24.0 Å². The fraction of sp³-hybridized carbons (Fsp3) is 0.769. The standard InChI is InChI=1S/C13H20N2O3S/c1-9(2)12-14-10(18-15-12)7-19-8-13(4-5-13)6-11(16)17-3/h9H,4-8H2,1-3H3. The molecule has 0 radical (unpaired) electrons. The molecule has 1 aromatic heterocycles. The van der Waals surface area contributed by atoms with E-state index in [-0.39, 0.29) is 17.3 Å². The smallest absolute Gasteiger partial charge is 0.306 e. The third-order valence-electron chi connectivity index (χ3n) is 3.34. The van der Waals surface area contributed by atoms with Gasteiger partial charge in [-0.25, -0.2) is 0 Å². The Balaban J connectivity index is 1.75. The van der Waals surface area contributed by atoms with Crippen LogP contribution in [0.1, 0.15) is 50.7 Å². The summed E-state index contributed by atoms with van der Waals surface area (Å²) in [7, 11) is 1.44. The van der Waals surface area contributed by atoms with Gasteiger partial charge in [0.05, 0.1) is 19.3 Å². The summed E-state index contributed by atoms with van der Waals surface area (Å²) in [5.41, 5.74) is 0.151. The largest absolute Gasteiger partial charge is 0.469 e. The molecule has 1 aliphatic rings. The first kappa shape index (κ1) is 14.4. The summed E-state index contributed by atoms with van der Waals surface area (Å²) < 4.78 is 9.92. The molecule has 5 nitrogen and oxygen atoms in total. The molecule has 1 saturated carbocycles. The summed E-state index contributed by atoms with van der Waals surface area (Å²) in [5, 5.41) is 3.93. The summed E-state index contributed by atoms with van der Waals surface area (Å²) in [6.07, 6.45) is 2.74. The number of thioether (sulfide) groups is 1. The molecule has 0 amide bonds. The van der Waals surface area contributed by atoms with Crippen LogP contribution in [0.15, 0.2) is 4.52 Å². The van der Waals surface area contributed by atoms with Gasteiger partial charge in [0.25, 0.3) is 0 Å². The van der Waals surface area contributed by atoms with E-state index in [1.165, 1.54) is 7.11 Å². The average Bonchev–Trinajstić information content (AvgIpc) is 2.95. The third-order valence-corrected chi connectivity index (χ3v) is 4.61. The molecule has 0 saturated heterocycles. The molecule has 0 atom stereocenters. The van der Waals surface area contributed by atoms with Crippen LogP contribution in [0.2, 0.25) is 0 Å². The fourth-order valence-corrected chi connectivity index (χ4v) is 3.06. The minimum atomic E-state index is -0.113. The predicted octanol–water partition coefficient (Wildman–Crippen LogP) is 2.77. The van der Waals surface area contributed by atoms with Crippen molar-refractivity contribution in [1.82, 2.24) is 10.1 Å². The van der Waals surface area contributed by atoms with Crippen LogP contribution >= 0.6 is 11.8 Å². The van der Waals surface area contributed by atoms with Gasteiger partial charge in [-0.1, -0.05) is 19.0 Å². The Morgan fingerprint density at radius 1 is 1.53 bits per heavy atom. The minimum Gasteiger partial charge on any atom is -0.469 e. The normalized spacial score (nSPS) is 16.6. The maximum absolute atomic E-state index is 11.3. The van der Waals surface area contributed by atoms with Crippen LogP contribution in [0.3, 0.4) is 0 Å². The predicted molar refractivity (Wildman–Crippen MR) is 72.8 cm³/mol. The highest BCUT2D eigenvalue weighted by Gasteiger charge is 2.44. The Labute approximate surface area is 117 Å². The van der Waals surface area contributed by atoms with Crippen molar-refractivity contribution in [3.05, 3.63) is 11.7 Å². The van der Waals surface area contributed by atoms with Crippen LogP contribution in [-0.2, 0) is 15.3 Å². The van der Waals surface area contributed by atoms with Crippen molar-refractivity contribution in [2.24, 2.45) is 5.41 Å². The first-order valence-corrected chi connectivity index (χ1v) is 7.67. The van der Waals surface area contributed by atoms with Crippen molar-refractivity contribution in [3.63, 3.8) is 0 Å². The van der Waals surface area contributed by atoms with Gasteiger partial charge in [0.1, 0.15) is 0 Å². The summed E-state index contributed by atoms with van der Waals surface area (Å²) in [6.45, 7) is 4.08. The number of esters is 1. The van der Waals surface area contributed by atoms with Gasteiger partial charge in [0.15, 0.2) is 5.82 Å². The van der Waals surface area contributed by atoms with E-state index in [1.807, 2.05) is 13.8 Å². The minimum absolute atomic E-state index is 0.113. The van der Waals surface area contributed by atoms with Gasteiger partial charge in [-0.3, -0.25) is 4.79 Å². The number of carbonyl (C=O) groups excluding carboxylic acids is 1. The number of nitrogens with zero attached hydrogens (tertiary/aromatic N) is 2. The zero-order valence-electron chi connectivity index (χ0n) is 11.6. The number of hydrogen-bond donors (Lipinski definition) is 0. The molecule has 106 valence electrons. The van der Waals surface area contributed by atoms with Crippen LogP contribution < -0.4 is 0 Å². The number of rotatable bonds is 7. The van der Waals surface area contributed by atoms with Crippen molar-refractivity contribution in [3.8, 4) is 0 Å². The molecular formula is C13H20N2O3S. The van der Waals surface area contributed by atoms with E-state index in [2.05, 4.69) is 10.1 Å². The van der Waals surface area contributed by atoms with Gasteiger partial charge in [-0.2, -0.15) is 16.7 Å². The molecule has 1 heterocycles. The lowest BCUT2D eigenvalue weighted by Crippen LogP contribution is -2.13. The van der Waals surface area contributed by atoms with E-state index in [1.54, 1.807) is 11.8 Å². The Morgan fingerprint density at radius 2 is 2.26 bits per heavy atom. The summed E-state index contributed by atoms with van der Waals surface area (Å²) in [5.74, 6) is 3.26. The molecule has 19 heavy (non-hydrogen) atoms. The van der Waals surface area contributed by atoms with Crippen LogP contribution in [0.25, 0.3) is 0 Å². The van der Waals surface area contributed by atoms with E-state index < -0.39 is 0 Å². The third kappa shape index (κ3) is 3.96. The Bertz CT molecular complexity index is 441. The molecule has 0 N–H and O–H groups in total. The lowest BCUT2D eigenvalue weighted by molar-refractivity contribution is -0.141. The highest BCUT2D eigenvalue weighted by molar-refractivity contribution is 7.98. The second-order valence-electron chi connectivity index (χ2n) is 5.45. The number of ether oxygens (including phenoxy) is 1. The molecule has 2 rings (SSSR count). The molecular weight excluding hydrogens is 264 g/mol. The topological polar surface area (TPSA) is 65.2 Å². The van der Waals surface area contributed by atoms with E-state index in [0.717, 1.165) is 24.4 Å². The average molecular weight is 284 g/mol. The fourth-order valence-electron chi connectivity index (χ4n) is 1.84. The lowest BCUT2D eigenvalue weighted by atomic mass is 10.1. The van der Waals surface area contributed by atoms with E-state index >= 15 is 0 Å². The van der Waals surface area contributed by atoms with Gasteiger partial charge >= 0.3 is 5.97 Å². The van der Waals surface area contributed by atoms with Crippen molar-refractivity contribution in [2.75, 3.05) is 12.9 Å². The lowest BCUT2D eigenvalue weighted by Gasteiger charge is -2.11. The Kier molecular flexibility index (Phi) is 4.50. The maximum atomic E-state index is 11.3. The van der Waals surface area contributed by atoms with E-state index in [4.69, 9.17) is 9.26 Å². The molecule has 0 bridgehead atoms. The quantitative estimate of drug-likeness (QED) is 0.717. The van der Waals surface area contributed by atoms with Crippen molar-refractivity contribution < 1.29 is 14.1 Å². The van der Waals surface area contributed by atoms with E-state index in [9.17, 15) is 4.79 Å². The maximum Gasteiger partial charge on any atom is 0.306 e. The second kappa shape index (κ2) is 5.94. The molecule has 0 aliphatic heterocycles. The van der Waals surface area contributed by atoms with E-state index in [0.29, 0.717) is 18.1 Å². The highest BCUT2D eigenvalue weighted by atomic mass is 32.2. The van der Waals surface area contributed by atoms with Crippen LogP contribution in [0, 0.1) is 5.41 Å².